The van der Waals surface area contributed by atoms with Crippen LogP contribution in [0.1, 0.15) is 66.9 Å². The van der Waals surface area contributed by atoms with Crippen molar-refractivity contribution in [3.05, 3.63) is 17.5 Å². The molecule has 1 aromatic heterocycles. The first-order chi connectivity index (χ1) is 12.4. The van der Waals surface area contributed by atoms with E-state index in [1.807, 2.05) is 6.92 Å². The molecule has 8 heteroatoms. The molecule has 2 aliphatic rings. The normalized spacial score (nSPS) is 23.0. The van der Waals surface area contributed by atoms with Gasteiger partial charge < -0.3 is 15.5 Å². The van der Waals surface area contributed by atoms with Gasteiger partial charge >= 0.3 is 0 Å². The Balaban J connectivity index is 1.82. The number of hydrogen-bond acceptors (Lipinski definition) is 4. The van der Waals surface area contributed by atoms with Crippen LogP contribution in [0.3, 0.4) is 0 Å². The highest BCUT2D eigenvalue weighted by Gasteiger charge is 2.46. The Morgan fingerprint density at radius 2 is 2.04 bits per heavy atom. The van der Waals surface area contributed by atoms with Gasteiger partial charge in [0.1, 0.15) is 11.2 Å². The van der Waals surface area contributed by atoms with Gasteiger partial charge in [0.2, 0.25) is 5.91 Å². The number of fused-ring (bicyclic) bond motifs is 1. The molecule has 3 rings (SSSR count). The zero-order valence-electron chi connectivity index (χ0n) is 15.7. The molecule has 0 saturated heterocycles. The van der Waals surface area contributed by atoms with Crippen LogP contribution >= 0.6 is 0 Å². The van der Waals surface area contributed by atoms with Gasteiger partial charge in [-0.05, 0) is 26.2 Å². The number of carbonyl (C=O) groups excluding carboxylic acids is 3. The third-order valence-electron chi connectivity index (χ3n) is 5.45. The van der Waals surface area contributed by atoms with Gasteiger partial charge in [-0.25, -0.2) is 0 Å². The molecule has 0 aromatic carbocycles. The van der Waals surface area contributed by atoms with Crippen molar-refractivity contribution in [2.24, 2.45) is 0 Å². The second-order valence-corrected chi connectivity index (χ2v) is 7.42. The highest BCUT2D eigenvalue weighted by atomic mass is 16.2. The fraction of sp³-hybridized carbons (Fsp3) is 0.667. The SMILES string of the molecule is CCCNC(=O)c1cc2n(n1)C[C@@](C)(C(=O)NC1CCCC1)N(C)C2=O. The number of nitrogens with one attached hydrogen (secondary N) is 2. The highest BCUT2D eigenvalue weighted by Crippen LogP contribution is 2.27. The number of aromatic nitrogens is 2. The van der Waals surface area contributed by atoms with Crippen molar-refractivity contribution < 1.29 is 14.4 Å². The van der Waals surface area contributed by atoms with Crippen molar-refractivity contribution >= 4 is 17.7 Å². The Kier molecular flexibility index (Phi) is 5.02. The molecule has 0 spiro atoms. The summed E-state index contributed by atoms with van der Waals surface area (Å²) >= 11 is 0. The molecule has 26 heavy (non-hydrogen) atoms. The van der Waals surface area contributed by atoms with Gasteiger partial charge in [0, 0.05) is 25.7 Å². The summed E-state index contributed by atoms with van der Waals surface area (Å²) in [7, 11) is 1.63. The minimum Gasteiger partial charge on any atom is -0.351 e. The molecular weight excluding hydrogens is 334 g/mol. The van der Waals surface area contributed by atoms with Crippen molar-refractivity contribution in [3.63, 3.8) is 0 Å². The van der Waals surface area contributed by atoms with Gasteiger partial charge in [-0.15, -0.1) is 0 Å². The number of carbonyl (C=O) groups is 3. The molecule has 2 N–H and O–H groups in total. The molecule has 3 amide bonds. The summed E-state index contributed by atoms with van der Waals surface area (Å²) in [5, 5.41) is 10.1. The molecule has 142 valence electrons. The number of rotatable bonds is 5. The van der Waals surface area contributed by atoms with E-state index in [4.69, 9.17) is 0 Å². The van der Waals surface area contributed by atoms with Crippen molar-refractivity contribution in [1.29, 1.82) is 0 Å². The second kappa shape index (κ2) is 7.09. The van der Waals surface area contributed by atoms with E-state index in [1.54, 1.807) is 14.0 Å². The molecular formula is C18H27N5O3. The molecule has 0 radical (unpaired) electrons. The fourth-order valence-corrected chi connectivity index (χ4v) is 3.58. The summed E-state index contributed by atoms with van der Waals surface area (Å²) in [6.07, 6.45) is 5.02. The first kappa shape index (κ1) is 18.4. The van der Waals surface area contributed by atoms with E-state index in [2.05, 4.69) is 15.7 Å². The van der Waals surface area contributed by atoms with E-state index in [1.165, 1.54) is 15.6 Å². The van der Waals surface area contributed by atoms with Crippen LogP contribution in [-0.2, 0) is 11.3 Å². The van der Waals surface area contributed by atoms with Crippen molar-refractivity contribution in [1.82, 2.24) is 25.3 Å². The molecule has 1 saturated carbocycles. The average Bonchev–Trinajstić information content (AvgIpc) is 3.27. The van der Waals surface area contributed by atoms with Gasteiger partial charge in [-0.1, -0.05) is 19.8 Å². The monoisotopic (exact) mass is 361 g/mol. The molecule has 1 atom stereocenters. The lowest BCUT2D eigenvalue weighted by molar-refractivity contribution is -0.133. The van der Waals surface area contributed by atoms with Crippen LogP contribution in [0.25, 0.3) is 0 Å². The van der Waals surface area contributed by atoms with Crippen LogP contribution in [0.4, 0.5) is 0 Å². The Bertz CT molecular complexity index is 722. The standard InChI is InChI=1S/C18H27N5O3/c1-4-9-19-15(24)13-10-14-16(25)22(3)18(2,11-23(14)21-13)17(26)20-12-7-5-6-8-12/h10,12H,4-9,11H2,1-3H3,(H,19,24)(H,20,26)/t18-/m0/s1. The van der Waals surface area contributed by atoms with Gasteiger partial charge in [0.25, 0.3) is 11.8 Å². The second-order valence-electron chi connectivity index (χ2n) is 7.42. The number of likely N-dealkylation sites (N-methyl/N-ethyl adjacent to an activating group) is 1. The van der Waals surface area contributed by atoms with E-state index >= 15 is 0 Å². The highest BCUT2D eigenvalue weighted by molar-refractivity contribution is 6.01. The maximum absolute atomic E-state index is 12.9. The van der Waals surface area contributed by atoms with Crippen LogP contribution in [0.15, 0.2) is 6.07 Å². The average molecular weight is 361 g/mol. The van der Waals surface area contributed by atoms with Crippen LogP contribution in [-0.4, -0.2) is 57.6 Å². The van der Waals surface area contributed by atoms with Crippen LogP contribution in [0.5, 0.6) is 0 Å². The van der Waals surface area contributed by atoms with Crippen molar-refractivity contribution in [3.8, 4) is 0 Å². The number of nitrogens with zero attached hydrogens (tertiary/aromatic N) is 3. The minimum atomic E-state index is -1.03. The van der Waals surface area contributed by atoms with Gasteiger partial charge in [-0.2, -0.15) is 5.10 Å². The predicted molar refractivity (Wildman–Crippen MR) is 95.7 cm³/mol. The first-order valence-corrected chi connectivity index (χ1v) is 9.32. The third kappa shape index (κ3) is 3.20. The molecule has 1 aliphatic heterocycles. The lowest BCUT2D eigenvalue weighted by atomic mass is 9.95. The quantitative estimate of drug-likeness (QED) is 0.815. The van der Waals surface area contributed by atoms with Gasteiger partial charge in [0.05, 0.1) is 6.54 Å². The zero-order chi connectivity index (χ0) is 18.9. The van der Waals surface area contributed by atoms with Crippen LogP contribution in [0, 0.1) is 0 Å². The summed E-state index contributed by atoms with van der Waals surface area (Å²) in [6.45, 7) is 4.49. The summed E-state index contributed by atoms with van der Waals surface area (Å²) in [6, 6.07) is 1.68. The molecule has 1 aliphatic carbocycles. The molecule has 1 aromatic rings. The Morgan fingerprint density at radius 3 is 2.69 bits per heavy atom. The largest absolute Gasteiger partial charge is 0.351 e. The topological polar surface area (TPSA) is 96.3 Å². The van der Waals surface area contributed by atoms with E-state index < -0.39 is 5.54 Å². The van der Waals surface area contributed by atoms with Crippen molar-refractivity contribution in [2.45, 2.75) is 64.1 Å². The Labute approximate surface area is 153 Å². The Morgan fingerprint density at radius 1 is 1.35 bits per heavy atom. The van der Waals surface area contributed by atoms with E-state index in [0.717, 1.165) is 32.1 Å². The molecule has 2 heterocycles. The lowest BCUT2D eigenvalue weighted by Crippen LogP contribution is -2.63. The fourth-order valence-electron chi connectivity index (χ4n) is 3.58. The first-order valence-electron chi connectivity index (χ1n) is 9.32. The molecule has 8 nitrogen and oxygen atoms in total. The summed E-state index contributed by atoms with van der Waals surface area (Å²) in [5.41, 5.74) is -0.494. The number of amides is 3. The predicted octanol–water partition coefficient (Wildman–Crippen LogP) is 0.926. The van der Waals surface area contributed by atoms with Gasteiger partial charge in [-0.3, -0.25) is 19.1 Å². The summed E-state index contributed by atoms with van der Waals surface area (Å²) < 4.78 is 1.48. The smallest absolute Gasteiger partial charge is 0.272 e. The van der Waals surface area contributed by atoms with Gasteiger partial charge in [0.15, 0.2) is 5.69 Å². The molecule has 0 bridgehead atoms. The van der Waals surface area contributed by atoms with Crippen molar-refractivity contribution in [2.75, 3.05) is 13.6 Å². The maximum Gasteiger partial charge on any atom is 0.272 e. The summed E-state index contributed by atoms with van der Waals surface area (Å²) in [4.78, 5) is 39.3. The molecule has 1 fully saturated rings. The van der Waals surface area contributed by atoms with E-state index in [0.29, 0.717) is 12.2 Å². The number of hydrogen-bond donors (Lipinski definition) is 2. The summed E-state index contributed by atoms with van der Waals surface area (Å²) in [5.74, 6) is -0.776. The maximum atomic E-state index is 12.9. The van der Waals surface area contributed by atoms with E-state index in [-0.39, 0.29) is 36.0 Å². The third-order valence-corrected chi connectivity index (χ3v) is 5.45. The molecule has 0 unspecified atom stereocenters. The van der Waals surface area contributed by atoms with E-state index in [9.17, 15) is 14.4 Å². The Hall–Kier alpha value is -2.38. The minimum absolute atomic E-state index is 0.168. The van der Waals surface area contributed by atoms with Crippen LogP contribution in [0.2, 0.25) is 0 Å². The zero-order valence-corrected chi connectivity index (χ0v) is 15.7. The lowest BCUT2D eigenvalue weighted by Gasteiger charge is -2.41. The van der Waals surface area contributed by atoms with Crippen LogP contribution < -0.4 is 10.6 Å².